The summed E-state index contributed by atoms with van der Waals surface area (Å²) in [6.07, 6.45) is 3.41. The SMILES string of the molecule is CCCC[C@H](C)CNC(=O)c1nc2ccc(-c3ccc(F)cc3)cc2n1Cc1ccccc1. The number of rotatable bonds is 9. The van der Waals surface area contributed by atoms with E-state index in [-0.39, 0.29) is 11.7 Å². The lowest BCUT2D eigenvalue weighted by Crippen LogP contribution is -2.30. The highest BCUT2D eigenvalue weighted by atomic mass is 19.1. The van der Waals surface area contributed by atoms with Crippen LogP contribution in [-0.2, 0) is 6.54 Å². The fraction of sp³-hybridized carbons (Fsp3) is 0.286. The number of carbonyl (C=O) groups is 1. The van der Waals surface area contributed by atoms with Crippen LogP contribution in [0, 0.1) is 11.7 Å². The topological polar surface area (TPSA) is 46.9 Å². The average Bonchev–Trinajstić information content (AvgIpc) is 3.20. The maximum Gasteiger partial charge on any atom is 0.287 e. The number of fused-ring (bicyclic) bond motifs is 1. The van der Waals surface area contributed by atoms with Crippen LogP contribution in [0.15, 0.2) is 72.8 Å². The van der Waals surface area contributed by atoms with Crippen molar-refractivity contribution in [3.63, 3.8) is 0 Å². The summed E-state index contributed by atoms with van der Waals surface area (Å²) in [7, 11) is 0. The van der Waals surface area contributed by atoms with Gasteiger partial charge in [0.2, 0.25) is 0 Å². The van der Waals surface area contributed by atoms with Gasteiger partial charge in [-0.1, -0.05) is 75.2 Å². The first-order chi connectivity index (χ1) is 16.0. The lowest BCUT2D eigenvalue weighted by Gasteiger charge is -2.13. The number of amides is 1. The molecule has 0 saturated heterocycles. The molecular formula is C28H30FN3O. The molecule has 1 N–H and O–H groups in total. The fourth-order valence-electron chi connectivity index (χ4n) is 4.04. The van der Waals surface area contributed by atoms with Gasteiger partial charge >= 0.3 is 0 Å². The minimum atomic E-state index is -0.263. The van der Waals surface area contributed by atoms with Gasteiger partial charge in [-0.15, -0.1) is 0 Å². The smallest absolute Gasteiger partial charge is 0.287 e. The van der Waals surface area contributed by atoms with E-state index in [2.05, 4.69) is 24.1 Å². The van der Waals surface area contributed by atoms with E-state index in [0.29, 0.717) is 24.8 Å². The van der Waals surface area contributed by atoms with Crippen LogP contribution < -0.4 is 5.32 Å². The molecule has 1 aromatic heterocycles. The molecule has 4 rings (SSSR count). The van der Waals surface area contributed by atoms with Crippen molar-refractivity contribution in [1.29, 1.82) is 0 Å². The molecule has 0 aliphatic carbocycles. The Balaban J connectivity index is 1.69. The third kappa shape index (κ3) is 5.48. The van der Waals surface area contributed by atoms with Gasteiger partial charge in [-0.25, -0.2) is 9.37 Å². The number of hydrogen-bond donors (Lipinski definition) is 1. The second-order valence-electron chi connectivity index (χ2n) is 8.67. The van der Waals surface area contributed by atoms with Crippen molar-refractivity contribution in [3.05, 3.63) is 90.0 Å². The Labute approximate surface area is 194 Å². The van der Waals surface area contributed by atoms with Crippen LogP contribution in [0.25, 0.3) is 22.2 Å². The summed E-state index contributed by atoms with van der Waals surface area (Å²) < 4.78 is 15.4. The third-order valence-electron chi connectivity index (χ3n) is 5.97. The number of carbonyl (C=O) groups excluding carboxylic acids is 1. The number of nitrogens with zero attached hydrogens (tertiary/aromatic N) is 2. The van der Waals surface area contributed by atoms with Gasteiger partial charge in [0.1, 0.15) is 5.82 Å². The van der Waals surface area contributed by atoms with Gasteiger partial charge in [0, 0.05) is 13.1 Å². The molecule has 0 aliphatic heterocycles. The van der Waals surface area contributed by atoms with Crippen molar-refractivity contribution in [2.45, 2.75) is 39.7 Å². The number of benzene rings is 3. The molecule has 1 atom stereocenters. The van der Waals surface area contributed by atoms with Crippen LogP contribution in [0.5, 0.6) is 0 Å². The van der Waals surface area contributed by atoms with Gasteiger partial charge in [-0.3, -0.25) is 4.79 Å². The van der Waals surface area contributed by atoms with Crippen molar-refractivity contribution >= 4 is 16.9 Å². The number of halogens is 1. The number of aromatic nitrogens is 2. The molecule has 3 aromatic carbocycles. The molecule has 4 nitrogen and oxygen atoms in total. The van der Waals surface area contributed by atoms with Crippen molar-refractivity contribution in [3.8, 4) is 11.1 Å². The Morgan fingerprint density at radius 2 is 1.76 bits per heavy atom. The zero-order valence-corrected chi connectivity index (χ0v) is 19.2. The Bertz CT molecular complexity index is 1220. The van der Waals surface area contributed by atoms with E-state index in [0.717, 1.165) is 47.0 Å². The summed E-state index contributed by atoms with van der Waals surface area (Å²) >= 11 is 0. The molecule has 33 heavy (non-hydrogen) atoms. The number of hydrogen-bond acceptors (Lipinski definition) is 2. The molecular weight excluding hydrogens is 413 g/mol. The van der Waals surface area contributed by atoms with Crippen molar-refractivity contribution in [2.24, 2.45) is 5.92 Å². The molecule has 1 heterocycles. The Morgan fingerprint density at radius 3 is 2.48 bits per heavy atom. The first-order valence-corrected chi connectivity index (χ1v) is 11.6. The van der Waals surface area contributed by atoms with Crippen LogP contribution in [0.3, 0.4) is 0 Å². The van der Waals surface area contributed by atoms with E-state index in [1.807, 2.05) is 53.1 Å². The van der Waals surface area contributed by atoms with E-state index in [4.69, 9.17) is 0 Å². The second kappa shape index (κ2) is 10.4. The summed E-state index contributed by atoms with van der Waals surface area (Å²) in [5.41, 5.74) is 4.61. The van der Waals surface area contributed by atoms with Crippen molar-refractivity contribution in [2.75, 3.05) is 6.54 Å². The summed E-state index contributed by atoms with van der Waals surface area (Å²) in [5.74, 6) is 0.411. The molecule has 0 bridgehead atoms. The largest absolute Gasteiger partial charge is 0.349 e. The highest BCUT2D eigenvalue weighted by molar-refractivity contribution is 5.95. The first-order valence-electron chi connectivity index (χ1n) is 11.6. The normalized spacial score (nSPS) is 12.1. The van der Waals surface area contributed by atoms with Gasteiger partial charge in [0.15, 0.2) is 5.82 Å². The number of nitrogens with one attached hydrogen (secondary N) is 1. The van der Waals surface area contributed by atoms with E-state index >= 15 is 0 Å². The predicted octanol–water partition coefficient (Wildman–Crippen LogP) is 6.45. The molecule has 0 spiro atoms. The maximum atomic E-state index is 13.4. The second-order valence-corrected chi connectivity index (χ2v) is 8.67. The van der Waals surface area contributed by atoms with Gasteiger partial charge in [-0.2, -0.15) is 0 Å². The molecule has 0 fully saturated rings. The molecule has 5 heteroatoms. The summed E-state index contributed by atoms with van der Waals surface area (Å²) in [5, 5.41) is 3.08. The highest BCUT2D eigenvalue weighted by Crippen LogP contribution is 2.26. The molecule has 4 aromatic rings. The van der Waals surface area contributed by atoms with Crippen LogP contribution in [0.1, 0.15) is 49.3 Å². The molecule has 0 radical (unpaired) electrons. The van der Waals surface area contributed by atoms with Gasteiger partial charge in [0.05, 0.1) is 11.0 Å². The monoisotopic (exact) mass is 443 g/mol. The van der Waals surface area contributed by atoms with Crippen LogP contribution in [-0.4, -0.2) is 22.0 Å². The molecule has 0 unspecified atom stereocenters. The maximum absolute atomic E-state index is 13.4. The van der Waals surface area contributed by atoms with E-state index in [1.165, 1.54) is 12.1 Å². The Hall–Kier alpha value is -3.47. The standard InChI is InChI=1S/C28H30FN3O/c1-3-4-8-20(2)18-30-28(33)27-31-25-16-13-23(22-11-14-24(29)15-12-22)17-26(25)32(27)19-21-9-6-5-7-10-21/h5-7,9-17,20H,3-4,8,18-19H2,1-2H3,(H,30,33)/t20-/m0/s1. The summed E-state index contributed by atoms with van der Waals surface area (Å²) in [4.78, 5) is 17.8. The predicted molar refractivity (Wildman–Crippen MR) is 132 cm³/mol. The zero-order valence-electron chi connectivity index (χ0n) is 19.2. The minimum Gasteiger partial charge on any atom is -0.349 e. The lowest BCUT2D eigenvalue weighted by molar-refractivity contribution is 0.0933. The van der Waals surface area contributed by atoms with Crippen molar-refractivity contribution in [1.82, 2.24) is 14.9 Å². The number of unbranched alkanes of at least 4 members (excludes halogenated alkanes) is 1. The van der Waals surface area contributed by atoms with Crippen LogP contribution in [0.4, 0.5) is 4.39 Å². The quantitative estimate of drug-likeness (QED) is 0.323. The lowest BCUT2D eigenvalue weighted by atomic mass is 10.0. The van der Waals surface area contributed by atoms with Gasteiger partial charge in [-0.05, 0) is 53.3 Å². The summed E-state index contributed by atoms with van der Waals surface area (Å²) in [6, 6.07) is 22.4. The van der Waals surface area contributed by atoms with Gasteiger partial charge < -0.3 is 9.88 Å². The highest BCUT2D eigenvalue weighted by Gasteiger charge is 2.19. The molecule has 1 amide bonds. The Morgan fingerprint density at radius 1 is 1.03 bits per heavy atom. The minimum absolute atomic E-state index is 0.159. The van der Waals surface area contributed by atoms with Crippen LogP contribution >= 0.6 is 0 Å². The molecule has 170 valence electrons. The molecule has 0 aliphatic rings. The van der Waals surface area contributed by atoms with E-state index in [9.17, 15) is 9.18 Å². The molecule has 0 saturated carbocycles. The van der Waals surface area contributed by atoms with E-state index < -0.39 is 0 Å². The first kappa shape index (κ1) is 22.7. The van der Waals surface area contributed by atoms with Crippen LogP contribution in [0.2, 0.25) is 0 Å². The zero-order chi connectivity index (χ0) is 23.2. The average molecular weight is 444 g/mol. The summed E-state index contributed by atoms with van der Waals surface area (Å²) in [6.45, 7) is 5.52. The fourth-order valence-corrected chi connectivity index (χ4v) is 4.04. The number of imidazole rings is 1. The van der Waals surface area contributed by atoms with Crippen molar-refractivity contribution < 1.29 is 9.18 Å². The van der Waals surface area contributed by atoms with Gasteiger partial charge in [0.25, 0.3) is 5.91 Å². The third-order valence-corrected chi connectivity index (χ3v) is 5.97. The Kier molecular flexibility index (Phi) is 7.18. The van der Waals surface area contributed by atoms with E-state index in [1.54, 1.807) is 12.1 Å².